The van der Waals surface area contributed by atoms with E-state index in [0.29, 0.717) is 5.69 Å². The summed E-state index contributed by atoms with van der Waals surface area (Å²) in [5.74, 6) is 1.56. The molecule has 1 N–H and O–H groups in total. The number of benzene rings is 2. The molecule has 25 heavy (non-hydrogen) atoms. The summed E-state index contributed by atoms with van der Waals surface area (Å²) >= 11 is 0. The van der Waals surface area contributed by atoms with E-state index >= 15 is 0 Å². The van der Waals surface area contributed by atoms with E-state index in [4.69, 9.17) is 4.74 Å². The van der Waals surface area contributed by atoms with Crippen LogP contribution in [0.25, 0.3) is 16.9 Å². The lowest BCUT2D eigenvalue weighted by atomic mass is 10.1. The molecular formula is C18H16N4O3. The van der Waals surface area contributed by atoms with E-state index in [1.54, 1.807) is 30.0 Å². The van der Waals surface area contributed by atoms with Crippen molar-refractivity contribution in [1.29, 1.82) is 0 Å². The standard InChI is InChI=1S/C18H16N4O3/c1-25-13-6-4-5-12(11-13)17-14-9-10-19-18(14)21(20-17)15-7-2-3-8-16(15)22(23)24/h2-8,11,19H,9-10H2,1H3. The Morgan fingerprint density at radius 1 is 1.24 bits per heavy atom. The van der Waals surface area contributed by atoms with Gasteiger partial charge in [0.15, 0.2) is 0 Å². The molecule has 3 aromatic rings. The summed E-state index contributed by atoms with van der Waals surface area (Å²) in [6, 6.07) is 14.3. The van der Waals surface area contributed by atoms with Gasteiger partial charge in [0, 0.05) is 23.7 Å². The van der Waals surface area contributed by atoms with Gasteiger partial charge in [0.05, 0.1) is 17.7 Å². The summed E-state index contributed by atoms with van der Waals surface area (Å²) in [4.78, 5) is 11.0. The van der Waals surface area contributed by atoms with Gasteiger partial charge in [-0.2, -0.15) is 5.10 Å². The third-order valence-electron chi connectivity index (χ3n) is 4.30. The normalized spacial score (nSPS) is 12.5. The molecule has 0 saturated heterocycles. The van der Waals surface area contributed by atoms with Crippen molar-refractivity contribution in [3.05, 3.63) is 64.2 Å². The Morgan fingerprint density at radius 3 is 2.88 bits per heavy atom. The monoisotopic (exact) mass is 336 g/mol. The Labute approximate surface area is 144 Å². The first-order chi connectivity index (χ1) is 12.2. The first-order valence-corrected chi connectivity index (χ1v) is 7.93. The molecule has 0 aliphatic carbocycles. The van der Waals surface area contributed by atoms with Crippen LogP contribution in [0.3, 0.4) is 0 Å². The Kier molecular flexibility index (Phi) is 3.61. The van der Waals surface area contributed by atoms with Crippen molar-refractivity contribution in [1.82, 2.24) is 9.78 Å². The van der Waals surface area contributed by atoms with Crippen LogP contribution in [0.2, 0.25) is 0 Å². The van der Waals surface area contributed by atoms with E-state index in [1.807, 2.05) is 24.3 Å². The largest absolute Gasteiger partial charge is 0.497 e. The maximum atomic E-state index is 11.4. The lowest BCUT2D eigenvalue weighted by Gasteiger charge is -2.07. The van der Waals surface area contributed by atoms with Crippen LogP contribution in [0.4, 0.5) is 11.5 Å². The minimum atomic E-state index is -0.385. The van der Waals surface area contributed by atoms with Crippen molar-refractivity contribution in [3.8, 4) is 22.7 Å². The quantitative estimate of drug-likeness (QED) is 0.583. The van der Waals surface area contributed by atoms with Crippen molar-refractivity contribution in [2.24, 2.45) is 0 Å². The van der Waals surface area contributed by atoms with Gasteiger partial charge in [0.2, 0.25) is 0 Å². The van der Waals surface area contributed by atoms with Gasteiger partial charge >= 0.3 is 0 Å². The number of aromatic nitrogens is 2. The van der Waals surface area contributed by atoms with Crippen molar-refractivity contribution >= 4 is 11.5 Å². The van der Waals surface area contributed by atoms with Crippen LogP contribution in [-0.2, 0) is 6.42 Å². The van der Waals surface area contributed by atoms with Crippen LogP contribution in [0.1, 0.15) is 5.56 Å². The molecular weight excluding hydrogens is 320 g/mol. The Hall–Kier alpha value is -3.35. The van der Waals surface area contributed by atoms with Gasteiger partial charge in [-0.05, 0) is 24.6 Å². The summed E-state index contributed by atoms with van der Waals surface area (Å²) in [6.45, 7) is 0.783. The Morgan fingerprint density at radius 2 is 2.08 bits per heavy atom. The first kappa shape index (κ1) is 15.2. The molecule has 7 heteroatoms. The number of rotatable bonds is 4. The molecule has 4 rings (SSSR count). The van der Waals surface area contributed by atoms with E-state index in [-0.39, 0.29) is 10.6 Å². The van der Waals surface area contributed by atoms with E-state index in [0.717, 1.165) is 41.4 Å². The molecule has 126 valence electrons. The number of hydrogen-bond acceptors (Lipinski definition) is 5. The number of nitro groups is 1. The molecule has 2 heterocycles. The van der Waals surface area contributed by atoms with Gasteiger partial charge in [-0.25, -0.2) is 4.68 Å². The van der Waals surface area contributed by atoms with Crippen LogP contribution >= 0.6 is 0 Å². The van der Waals surface area contributed by atoms with Gasteiger partial charge in [-0.1, -0.05) is 24.3 Å². The van der Waals surface area contributed by atoms with Gasteiger partial charge in [0.25, 0.3) is 5.69 Å². The lowest BCUT2D eigenvalue weighted by molar-refractivity contribution is -0.384. The highest BCUT2D eigenvalue weighted by atomic mass is 16.6. The number of para-hydroxylation sites is 2. The fourth-order valence-corrected chi connectivity index (χ4v) is 3.15. The maximum Gasteiger partial charge on any atom is 0.294 e. The molecule has 0 unspecified atom stereocenters. The number of ether oxygens (including phenoxy) is 1. The second-order valence-corrected chi connectivity index (χ2v) is 5.74. The van der Waals surface area contributed by atoms with Crippen molar-refractivity contribution in [2.45, 2.75) is 6.42 Å². The molecule has 0 radical (unpaired) electrons. The summed E-state index contributed by atoms with van der Waals surface area (Å²) in [7, 11) is 1.62. The maximum absolute atomic E-state index is 11.4. The fraction of sp³-hybridized carbons (Fsp3) is 0.167. The van der Waals surface area contributed by atoms with Gasteiger partial charge < -0.3 is 10.1 Å². The molecule has 1 aromatic heterocycles. The third-order valence-corrected chi connectivity index (χ3v) is 4.30. The predicted molar refractivity (Wildman–Crippen MR) is 94.4 cm³/mol. The Balaban J connectivity index is 1.91. The molecule has 0 atom stereocenters. The molecule has 0 amide bonds. The van der Waals surface area contributed by atoms with Crippen LogP contribution in [0.5, 0.6) is 5.75 Å². The molecule has 2 aromatic carbocycles. The molecule has 1 aliphatic rings. The molecule has 0 spiro atoms. The lowest BCUT2D eigenvalue weighted by Crippen LogP contribution is -2.06. The number of nitro benzene ring substituents is 1. The average molecular weight is 336 g/mol. The first-order valence-electron chi connectivity index (χ1n) is 7.93. The van der Waals surface area contributed by atoms with E-state index in [9.17, 15) is 10.1 Å². The second kappa shape index (κ2) is 5.94. The predicted octanol–water partition coefficient (Wildman–Crippen LogP) is 3.42. The van der Waals surface area contributed by atoms with Crippen LogP contribution in [0.15, 0.2) is 48.5 Å². The highest BCUT2D eigenvalue weighted by Crippen LogP contribution is 2.37. The number of hydrogen-bond donors (Lipinski definition) is 1. The topological polar surface area (TPSA) is 82.2 Å². The van der Waals surface area contributed by atoms with E-state index in [2.05, 4.69) is 10.4 Å². The van der Waals surface area contributed by atoms with Gasteiger partial charge in [-0.15, -0.1) is 0 Å². The zero-order chi connectivity index (χ0) is 17.4. The zero-order valence-electron chi connectivity index (χ0n) is 13.6. The summed E-state index contributed by atoms with van der Waals surface area (Å²) in [5, 5.41) is 19.4. The SMILES string of the molecule is COc1cccc(-c2nn(-c3ccccc3[N+](=O)[O-])c3c2CCN3)c1. The molecule has 1 aliphatic heterocycles. The number of nitrogens with one attached hydrogen (secondary N) is 1. The minimum Gasteiger partial charge on any atom is -0.497 e. The van der Waals surface area contributed by atoms with Crippen molar-refractivity contribution < 1.29 is 9.66 Å². The number of anilines is 1. The molecule has 0 saturated carbocycles. The fourth-order valence-electron chi connectivity index (χ4n) is 3.15. The van der Waals surface area contributed by atoms with Crippen molar-refractivity contribution in [2.75, 3.05) is 19.0 Å². The smallest absolute Gasteiger partial charge is 0.294 e. The van der Waals surface area contributed by atoms with Gasteiger partial charge in [0.1, 0.15) is 17.3 Å². The summed E-state index contributed by atoms with van der Waals surface area (Å²) in [6.07, 6.45) is 0.822. The van der Waals surface area contributed by atoms with Crippen LogP contribution < -0.4 is 10.1 Å². The third kappa shape index (κ3) is 2.50. The molecule has 7 nitrogen and oxygen atoms in total. The van der Waals surface area contributed by atoms with Crippen LogP contribution in [0, 0.1) is 10.1 Å². The average Bonchev–Trinajstić information content (AvgIpc) is 3.24. The van der Waals surface area contributed by atoms with Gasteiger partial charge in [-0.3, -0.25) is 10.1 Å². The van der Waals surface area contributed by atoms with E-state index in [1.165, 1.54) is 6.07 Å². The second-order valence-electron chi connectivity index (χ2n) is 5.74. The summed E-state index contributed by atoms with van der Waals surface area (Å²) in [5.41, 5.74) is 3.28. The van der Waals surface area contributed by atoms with Crippen LogP contribution in [-0.4, -0.2) is 28.4 Å². The number of methoxy groups -OCH3 is 1. The van der Waals surface area contributed by atoms with E-state index < -0.39 is 0 Å². The highest BCUT2D eigenvalue weighted by molar-refractivity contribution is 5.74. The zero-order valence-corrected chi connectivity index (χ0v) is 13.6. The summed E-state index contributed by atoms with van der Waals surface area (Å²) < 4.78 is 6.93. The number of fused-ring (bicyclic) bond motifs is 1. The molecule has 0 bridgehead atoms. The number of nitrogens with zero attached hydrogens (tertiary/aromatic N) is 3. The Bertz CT molecular complexity index is 965. The highest BCUT2D eigenvalue weighted by Gasteiger charge is 2.27. The van der Waals surface area contributed by atoms with Crippen molar-refractivity contribution in [3.63, 3.8) is 0 Å². The minimum absolute atomic E-state index is 0.0266. The molecule has 0 fully saturated rings.